The average Bonchev–Trinajstić information content (AvgIpc) is 2.28. The second kappa shape index (κ2) is 6.34. The van der Waals surface area contributed by atoms with Crippen molar-refractivity contribution < 1.29 is 14.8 Å². The Balaban J connectivity index is 2.77. The van der Waals surface area contributed by atoms with Crippen molar-refractivity contribution in [3.63, 3.8) is 0 Å². The minimum atomic E-state index is -0.881. The van der Waals surface area contributed by atoms with Crippen LogP contribution in [0.15, 0.2) is 22.7 Å². The van der Waals surface area contributed by atoms with Gasteiger partial charge in [-0.3, -0.25) is 14.9 Å². The monoisotopic (exact) mass is 316 g/mol. The first-order valence-electron chi connectivity index (χ1n) is 5.32. The molecule has 7 heteroatoms. The molecule has 1 aromatic carbocycles. The number of halogens is 1. The van der Waals surface area contributed by atoms with Gasteiger partial charge < -0.3 is 10.4 Å². The number of rotatable bonds is 6. The Morgan fingerprint density at radius 3 is 2.83 bits per heavy atom. The van der Waals surface area contributed by atoms with Crippen LogP contribution in [0.5, 0.6) is 0 Å². The molecule has 6 nitrogen and oxygen atoms in total. The Kier molecular flexibility index (Phi) is 5.08. The smallest absolute Gasteiger partial charge is 0.303 e. The Labute approximate surface area is 112 Å². The molecule has 0 fully saturated rings. The van der Waals surface area contributed by atoms with E-state index in [4.69, 9.17) is 5.11 Å². The van der Waals surface area contributed by atoms with Crippen LogP contribution in [0, 0.1) is 10.1 Å². The van der Waals surface area contributed by atoms with Crippen LogP contribution < -0.4 is 5.32 Å². The largest absolute Gasteiger partial charge is 0.481 e. The van der Waals surface area contributed by atoms with Gasteiger partial charge in [0.15, 0.2) is 0 Å². The van der Waals surface area contributed by atoms with E-state index in [0.717, 1.165) is 0 Å². The van der Waals surface area contributed by atoms with E-state index in [0.29, 0.717) is 16.6 Å². The first-order valence-corrected chi connectivity index (χ1v) is 6.11. The zero-order valence-electron chi connectivity index (χ0n) is 9.72. The number of anilines is 1. The highest BCUT2D eigenvalue weighted by Gasteiger charge is 2.16. The summed E-state index contributed by atoms with van der Waals surface area (Å²) in [6.07, 6.45) is 0.432. The van der Waals surface area contributed by atoms with Crippen molar-refractivity contribution in [3.05, 3.63) is 32.8 Å². The maximum absolute atomic E-state index is 10.9. The number of carbonyl (C=O) groups is 1. The molecule has 0 amide bonds. The molecule has 1 unspecified atom stereocenters. The van der Waals surface area contributed by atoms with Gasteiger partial charge >= 0.3 is 5.97 Å². The van der Waals surface area contributed by atoms with E-state index in [9.17, 15) is 14.9 Å². The van der Waals surface area contributed by atoms with E-state index in [1.807, 2.05) is 0 Å². The van der Waals surface area contributed by atoms with E-state index in [1.54, 1.807) is 19.1 Å². The molecule has 0 aromatic heterocycles. The van der Waals surface area contributed by atoms with Crippen molar-refractivity contribution in [1.29, 1.82) is 0 Å². The van der Waals surface area contributed by atoms with Crippen molar-refractivity contribution in [2.75, 3.05) is 5.32 Å². The summed E-state index contributed by atoms with van der Waals surface area (Å²) in [4.78, 5) is 20.8. The lowest BCUT2D eigenvalue weighted by molar-refractivity contribution is -0.384. The van der Waals surface area contributed by atoms with Gasteiger partial charge in [-0.15, -0.1) is 0 Å². The normalized spacial score (nSPS) is 11.9. The number of nitro groups is 1. The quantitative estimate of drug-likeness (QED) is 0.621. The summed E-state index contributed by atoms with van der Waals surface area (Å²) in [5, 5.41) is 22.4. The van der Waals surface area contributed by atoms with Crippen molar-refractivity contribution >= 4 is 33.3 Å². The number of nitro benzene ring substituents is 1. The zero-order chi connectivity index (χ0) is 13.7. The van der Waals surface area contributed by atoms with Crippen LogP contribution in [0.4, 0.5) is 11.4 Å². The molecule has 1 atom stereocenters. The molecule has 0 saturated heterocycles. The average molecular weight is 317 g/mol. The van der Waals surface area contributed by atoms with Gasteiger partial charge in [0.2, 0.25) is 0 Å². The number of aliphatic carboxylic acids is 1. The fraction of sp³-hybridized carbons (Fsp3) is 0.364. The molecule has 0 aliphatic carbocycles. The molecule has 1 rings (SSSR count). The first kappa shape index (κ1) is 14.4. The topological polar surface area (TPSA) is 92.5 Å². The molecule has 2 N–H and O–H groups in total. The van der Waals surface area contributed by atoms with Crippen LogP contribution in [0.3, 0.4) is 0 Å². The second-order valence-corrected chi connectivity index (χ2v) is 4.81. The highest BCUT2D eigenvalue weighted by molar-refractivity contribution is 9.10. The van der Waals surface area contributed by atoms with Crippen molar-refractivity contribution in [2.45, 2.75) is 25.8 Å². The van der Waals surface area contributed by atoms with Crippen LogP contribution in [-0.4, -0.2) is 22.0 Å². The molecule has 1 aromatic rings. The molecule has 0 saturated carbocycles. The zero-order valence-corrected chi connectivity index (χ0v) is 11.3. The Morgan fingerprint density at radius 2 is 2.28 bits per heavy atom. The molecule has 98 valence electrons. The van der Waals surface area contributed by atoms with Crippen molar-refractivity contribution in [1.82, 2.24) is 0 Å². The minimum absolute atomic E-state index is 0.0263. The fourth-order valence-electron chi connectivity index (χ4n) is 1.46. The van der Waals surface area contributed by atoms with Gasteiger partial charge in [-0.1, -0.05) is 15.9 Å². The number of benzene rings is 1. The summed E-state index contributed by atoms with van der Waals surface area (Å²) in [7, 11) is 0. The maximum atomic E-state index is 10.9. The second-order valence-electron chi connectivity index (χ2n) is 3.90. The van der Waals surface area contributed by atoms with Gasteiger partial charge in [0.05, 0.1) is 4.92 Å². The Morgan fingerprint density at radius 1 is 1.61 bits per heavy atom. The lowest BCUT2D eigenvalue weighted by Gasteiger charge is -2.14. The van der Waals surface area contributed by atoms with Gasteiger partial charge in [0, 0.05) is 23.0 Å². The van der Waals surface area contributed by atoms with E-state index < -0.39 is 10.9 Å². The number of hydrogen-bond acceptors (Lipinski definition) is 4. The molecule has 0 aliphatic rings. The van der Waals surface area contributed by atoms with Crippen LogP contribution in [-0.2, 0) is 4.79 Å². The molecule has 0 bridgehead atoms. The van der Waals surface area contributed by atoms with Crippen molar-refractivity contribution in [2.24, 2.45) is 0 Å². The third-order valence-corrected chi connectivity index (χ3v) is 2.84. The van der Waals surface area contributed by atoms with Gasteiger partial charge in [-0.05, 0) is 25.5 Å². The van der Waals surface area contributed by atoms with Gasteiger partial charge in [-0.25, -0.2) is 0 Å². The number of nitrogens with zero attached hydrogens (tertiary/aromatic N) is 1. The predicted octanol–water partition coefficient (Wildman–Crippen LogP) is 3.02. The van der Waals surface area contributed by atoms with Gasteiger partial charge in [0.1, 0.15) is 5.69 Å². The van der Waals surface area contributed by atoms with E-state index in [2.05, 4.69) is 21.2 Å². The molecule has 0 spiro atoms. The first-order chi connectivity index (χ1) is 8.40. The number of hydrogen-bond donors (Lipinski definition) is 2. The Hall–Kier alpha value is -1.63. The van der Waals surface area contributed by atoms with E-state index in [-0.39, 0.29) is 18.2 Å². The molecule has 0 radical (unpaired) electrons. The van der Waals surface area contributed by atoms with Crippen LogP contribution in [0.2, 0.25) is 0 Å². The summed E-state index contributed by atoms with van der Waals surface area (Å²) in [5.41, 5.74) is 0.354. The summed E-state index contributed by atoms with van der Waals surface area (Å²) in [6, 6.07) is 4.55. The molecule has 0 aliphatic heterocycles. The van der Waals surface area contributed by atoms with Gasteiger partial charge in [-0.2, -0.15) is 0 Å². The van der Waals surface area contributed by atoms with E-state index >= 15 is 0 Å². The highest BCUT2D eigenvalue weighted by Crippen LogP contribution is 2.28. The summed E-state index contributed by atoms with van der Waals surface area (Å²) in [6.45, 7) is 1.79. The molecule has 18 heavy (non-hydrogen) atoms. The molecular formula is C11H13BrN2O4. The molecule has 0 heterocycles. The number of carboxylic acid groups (broad SMARTS) is 1. The maximum Gasteiger partial charge on any atom is 0.303 e. The fourth-order valence-corrected chi connectivity index (χ4v) is 1.80. The number of nitrogens with one attached hydrogen (secondary N) is 1. The standard InChI is InChI=1S/C11H13BrN2O4/c1-7(2-5-11(15)16)13-9-4-3-8(12)6-10(9)14(17)18/h3-4,6-7,13H,2,5H2,1H3,(H,15,16). The van der Waals surface area contributed by atoms with Crippen LogP contribution in [0.25, 0.3) is 0 Å². The van der Waals surface area contributed by atoms with Gasteiger partial charge in [0.25, 0.3) is 5.69 Å². The van der Waals surface area contributed by atoms with Crippen molar-refractivity contribution in [3.8, 4) is 0 Å². The summed E-state index contributed by atoms with van der Waals surface area (Å²) in [5.74, 6) is -0.881. The summed E-state index contributed by atoms with van der Waals surface area (Å²) >= 11 is 3.17. The highest BCUT2D eigenvalue weighted by atomic mass is 79.9. The lowest BCUT2D eigenvalue weighted by atomic mass is 10.1. The summed E-state index contributed by atoms with van der Waals surface area (Å²) < 4.78 is 0.623. The predicted molar refractivity (Wildman–Crippen MR) is 70.8 cm³/mol. The van der Waals surface area contributed by atoms with E-state index in [1.165, 1.54) is 6.07 Å². The van der Waals surface area contributed by atoms with Crippen LogP contribution in [0.1, 0.15) is 19.8 Å². The number of carboxylic acids is 1. The Bertz CT molecular complexity index is 464. The lowest BCUT2D eigenvalue weighted by Crippen LogP contribution is -2.17. The molecular weight excluding hydrogens is 304 g/mol. The SMILES string of the molecule is CC(CCC(=O)O)Nc1ccc(Br)cc1[N+](=O)[O-]. The minimum Gasteiger partial charge on any atom is -0.481 e. The third kappa shape index (κ3) is 4.33. The third-order valence-electron chi connectivity index (χ3n) is 2.35. The van der Waals surface area contributed by atoms with Crippen LogP contribution >= 0.6 is 15.9 Å².